The number of ketones is 2. The summed E-state index contributed by atoms with van der Waals surface area (Å²) in [7, 11) is 0. The molecule has 0 fully saturated rings. The first-order chi connectivity index (χ1) is 8.19. The zero-order valence-electron chi connectivity index (χ0n) is 9.84. The number of hydrogen-bond donors (Lipinski definition) is 0. The van der Waals surface area contributed by atoms with E-state index in [0.717, 1.165) is 0 Å². The minimum Gasteiger partial charge on any atom is -0.346 e. The van der Waals surface area contributed by atoms with Gasteiger partial charge >= 0.3 is 0 Å². The van der Waals surface area contributed by atoms with E-state index < -0.39 is 6.29 Å². The van der Waals surface area contributed by atoms with E-state index in [1.807, 2.05) is 0 Å². The van der Waals surface area contributed by atoms with Crippen molar-refractivity contribution in [2.24, 2.45) is 0 Å². The van der Waals surface area contributed by atoms with E-state index in [1.165, 1.54) is 11.3 Å². The zero-order valence-corrected chi connectivity index (χ0v) is 10.7. The van der Waals surface area contributed by atoms with Gasteiger partial charge in [0.2, 0.25) is 6.29 Å². The molecule has 0 spiro atoms. The lowest BCUT2D eigenvalue weighted by molar-refractivity contribution is -0.166. The van der Waals surface area contributed by atoms with Gasteiger partial charge in [0.25, 0.3) is 0 Å². The minimum absolute atomic E-state index is 0.242. The Morgan fingerprint density at radius 1 is 1.35 bits per heavy atom. The monoisotopic (exact) mass is 257 g/mol. The van der Waals surface area contributed by atoms with E-state index in [0.29, 0.717) is 18.9 Å². The Bertz CT molecular complexity index is 358. The van der Waals surface area contributed by atoms with E-state index in [2.05, 4.69) is 4.98 Å². The van der Waals surface area contributed by atoms with Crippen molar-refractivity contribution in [2.45, 2.75) is 26.6 Å². The van der Waals surface area contributed by atoms with E-state index in [-0.39, 0.29) is 18.0 Å². The lowest BCUT2D eigenvalue weighted by Crippen LogP contribution is -2.29. The number of nitrogens with zero attached hydrogens (tertiary/aromatic N) is 1. The molecule has 0 bridgehead atoms. The van der Waals surface area contributed by atoms with Crippen LogP contribution in [0.4, 0.5) is 0 Å². The topological polar surface area (TPSA) is 65.5 Å². The summed E-state index contributed by atoms with van der Waals surface area (Å²) < 4.78 is 10.2. The van der Waals surface area contributed by atoms with Crippen LogP contribution in [0.3, 0.4) is 0 Å². The van der Waals surface area contributed by atoms with Gasteiger partial charge in [-0.15, -0.1) is 11.3 Å². The van der Waals surface area contributed by atoms with Crippen LogP contribution in [0.25, 0.3) is 0 Å². The van der Waals surface area contributed by atoms with E-state index in [4.69, 9.17) is 9.47 Å². The number of ether oxygens (including phenoxy) is 2. The molecule has 5 nitrogen and oxygen atoms in total. The van der Waals surface area contributed by atoms with Gasteiger partial charge in [-0.2, -0.15) is 0 Å². The molecule has 0 atom stereocenters. The Balaban J connectivity index is 2.54. The molecule has 0 unspecified atom stereocenters. The lowest BCUT2D eigenvalue weighted by atomic mass is 10.1. The Morgan fingerprint density at radius 2 is 2.00 bits per heavy atom. The number of aromatic nitrogens is 1. The quantitative estimate of drug-likeness (QED) is 0.403. The Morgan fingerprint density at radius 3 is 2.47 bits per heavy atom. The van der Waals surface area contributed by atoms with E-state index in [9.17, 15) is 9.59 Å². The number of hydrogen-bond acceptors (Lipinski definition) is 6. The number of rotatable bonds is 8. The third-order valence-electron chi connectivity index (χ3n) is 1.95. The Labute approximate surface area is 104 Å². The van der Waals surface area contributed by atoms with Gasteiger partial charge in [-0.1, -0.05) is 0 Å². The van der Waals surface area contributed by atoms with Gasteiger partial charge in [0.1, 0.15) is 5.69 Å². The third kappa shape index (κ3) is 4.33. The smallest absolute Gasteiger partial charge is 0.218 e. The molecule has 1 rings (SSSR count). The van der Waals surface area contributed by atoms with Gasteiger partial charge in [0.15, 0.2) is 11.6 Å². The zero-order chi connectivity index (χ0) is 12.7. The normalized spacial score (nSPS) is 10.8. The molecule has 0 N–H and O–H groups in total. The second-order valence-electron chi connectivity index (χ2n) is 3.18. The molecule has 0 aliphatic carbocycles. The second-order valence-corrected chi connectivity index (χ2v) is 3.90. The van der Waals surface area contributed by atoms with Crippen LogP contribution in [0, 0.1) is 0 Å². The molecule has 17 heavy (non-hydrogen) atoms. The van der Waals surface area contributed by atoms with Gasteiger partial charge in [-0.05, 0) is 13.8 Å². The highest BCUT2D eigenvalue weighted by molar-refractivity contribution is 7.07. The van der Waals surface area contributed by atoms with Crippen molar-refractivity contribution in [3.8, 4) is 0 Å². The first kappa shape index (κ1) is 14.0. The highest BCUT2D eigenvalue weighted by atomic mass is 32.1. The van der Waals surface area contributed by atoms with Crippen molar-refractivity contribution < 1.29 is 19.1 Å². The molecular formula is C11H15NO4S. The standard InChI is InChI=1S/C11H15NO4S/c1-3-15-11(16-4-2)10(14)5-9(13)8-6-17-7-12-8/h6-7,11H,3-5H2,1-2H3. The average molecular weight is 257 g/mol. The maximum Gasteiger partial charge on any atom is 0.218 e. The fourth-order valence-electron chi connectivity index (χ4n) is 1.22. The van der Waals surface area contributed by atoms with Crippen LogP contribution in [0.15, 0.2) is 10.9 Å². The molecule has 0 saturated heterocycles. The van der Waals surface area contributed by atoms with Crippen LogP contribution < -0.4 is 0 Å². The van der Waals surface area contributed by atoms with Gasteiger partial charge < -0.3 is 9.47 Å². The minimum atomic E-state index is -0.951. The molecule has 1 heterocycles. The highest BCUT2D eigenvalue weighted by Gasteiger charge is 2.22. The first-order valence-electron chi connectivity index (χ1n) is 5.36. The molecule has 0 aromatic carbocycles. The van der Waals surface area contributed by atoms with Crippen LogP contribution >= 0.6 is 11.3 Å². The van der Waals surface area contributed by atoms with E-state index >= 15 is 0 Å². The molecular weight excluding hydrogens is 242 g/mol. The molecule has 1 aromatic heterocycles. The molecule has 0 aliphatic heterocycles. The summed E-state index contributed by atoms with van der Waals surface area (Å²) in [5.41, 5.74) is 1.87. The summed E-state index contributed by atoms with van der Waals surface area (Å²) in [4.78, 5) is 27.2. The van der Waals surface area contributed by atoms with Crippen LogP contribution in [0.2, 0.25) is 0 Å². The Kier molecular flexibility index (Phi) is 5.96. The van der Waals surface area contributed by atoms with Crippen LogP contribution in [0.1, 0.15) is 30.8 Å². The van der Waals surface area contributed by atoms with Gasteiger partial charge in [-0.3, -0.25) is 9.59 Å². The first-order valence-corrected chi connectivity index (χ1v) is 6.30. The number of carbonyl (C=O) groups excluding carboxylic acids is 2. The van der Waals surface area contributed by atoms with E-state index in [1.54, 1.807) is 24.7 Å². The summed E-state index contributed by atoms with van der Waals surface area (Å²) in [5.74, 6) is -0.674. The predicted molar refractivity (Wildman–Crippen MR) is 63.1 cm³/mol. The van der Waals surface area contributed by atoms with Crippen LogP contribution in [-0.4, -0.2) is 36.1 Å². The van der Waals surface area contributed by atoms with Crippen molar-refractivity contribution >= 4 is 22.9 Å². The molecule has 0 saturated carbocycles. The van der Waals surface area contributed by atoms with Crippen molar-refractivity contribution in [1.82, 2.24) is 4.98 Å². The van der Waals surface area contributed by atoms with Crippen molar-refractivity contribution in [3.05, 3.63) is 16.6 Å². The Hall–Kier alpha value is -1.11. The molecule has 6 heteroatoms. The molecule has 0 radical (unpaired) electrons. The lowest BCUT2D eigenvalue weighted by Gasteiger charge is -2.14. The third-order valence-corrected chi connectivity index (χ3v) is 2.54. The average Bonchev–Trinajstić information content (AvgIpc) is 2.82. The number of Topliss-reactive ketones (excluding diaryl/α,β-unsaturated/α-hetero) is 2. The van der Waals surface area contributed by atoms with Crippen LogP contribution in [-0.2, 0) is 14.3 Å². The summed E-state index contributed by atoms with van der Waals surface area (Å²) >= 11 is 1.32. The van der Waals surface area contributed by atoms with Crippen molar-refractivity contribution in [3.63, 3.8) is 0 Å². The van der Waals surface area contributed by atoms with Gasteiger partial charge in [0, 0.05) is 18.6 Å². The maximum absolute atomic E-state index is 11.7. The van der Waals surface area contributed by atoms with Crippen LogP contribution in [0.5, 0.6) is 0 Å². The highest BCUT2D eigenvalue weighted by Crippen LogP contribution is 2.08. The molecule has 0 aliphatic rings. The molecule has 94 valence electrons. The van der Waals surface area contributed by atoms with Gasteiger partial charge in [0.05, 0.1) is 11.9 Å². The van der Waals surface area contributed by atoms with Crippen molar-refractivity contribution in [2.75, 3.05) is 13.2 Å². The van der Waals surface area contributed by atoms with Gasteiger partial charge in [-0.25, -0.2) is 4.98 Å². The molecule has 1 aromatic rings. The fourth-order valence-corrected chi connectivity index (χ4v) is 1.78. The second kappa shape index (κ2) is 7.26. The summed E-state index contributed by atoms with van der Waals surface area (Å²) in [6.45, 7) is 4.26. The largest absolute Gasteiger partial charge is 0.346 e. The molecule has 0 amide bonds. The number of thiazole rings is 1. The predicted octanol–water partition coefficient (Wildman–Crippen LogP) is 1.68. The SMILES string of the molecule is CCOC(OCC)C(=O)CC(=O)c1cscn1. The fraction of sp³-hybridized carbons (Fsp3) is 0.545. The number of carbonyl (C=O) groups is 2. The summed E-state index contributed by atoms with van der Waals surface area (Å²) in [5, 5.41) is 1.62. The summed E-state index contributed by atoms with van der Waals surface area (Å²) in [6, 6.07) is 0. The summed E-state index contributed by atoms with van der Waals surface area (Å²) in [6.07, 6.45) is -1.19. The van der Waals surface area contributed by atoms with Crippen molar-refractivity contribution in [1.29, 1.82) is 0 Å². The maximum atomic E-state index is 11.7.